The van der Waals surface area contributed by atoms with Crippen molar-refractivity contribution in [3.8, 4) is 0 Å². The molecule has 0 bridgehead atoms. The average Bonchev–Trinajstić information content (AvgIpc) is 2.28. The molecule has 1 spiro atoms. The summed E-state index contributed by atoms with van der Waals surface area (Å²) in [5.41, 5.74) is 1.05. The van der Waals surface area contributed by atoms with Crippen molar-refractivity contribution in [2.45, 2.75) is 44.8 Å². The lowest BCUT2D eigenvalue weighted by atomic mass is 9.51. The number of hydrogen-bond acceptors (Lipinski definition) is 2. The zero-order valence-corrected chi connectivity index (χ0v) is 13.7. The summed E-state index contributed by atoms with van der Waals surface area (Å²) in [7, 11) is 0. The Morgan fingerprint density at radius 1 is 1.50 bits per heavy atom. The van der Waals surface area contributed by atoms with Crippen LogP contribution in [0.4, 0.5) is 10.1 Å². The summed E-state index contributed by atoms with van der Waals surface area (Å²) in [6.07, 6.45) is 5.02. The van der Waals surface area contributed by atoms with Crippen LogP contribution in [0.1, 0.15) is 32.6 Å². The van der Waals surface area contributed by atoms with Gasteiger partial charge >= 0.3 is 0 Å². The van der Waals surface area contributed by atoms with Crippen molar-refractivity contribution in [2.24, 2.45) is 5.41 Å². The first kappa shape index (κ1) is 14.6. The highest BCUT2D eigenvalue weighted by molar-refractivity contribution is 9.10. The molecular formula is C15H18BrClFNO. The summed E-state index contributed by atoms with van der Waals surface area (Å²) in [5, 5.41) is 3.92. The second kappa shape index (κ2) is 5.47. The molecule has 0 radical (unpaired) electrons. The Morgan fingerprint density at radius 3 is 2.80 bits per heavy atom. The number of ether oxygens (including phenoxy) is 1. The van der Waals surface area contributed by atoms with Crippen molar-refractivity contribution < 1.29 is 9.13 Å². The molecule has 2 nitrogen and oxygen atoms in total. The maximum absolute atomic E-state index is 13.3. The summed E-state index contributed by atoms with van der Waals surface area (Å²) in [4.78, 5) is 0. The van der Waals surface area contributed by atoms with Crippen LogP contribution in [0.15, 0.2) is 16.6 Å². The van der Waals surface area contributed by atoms with E-state index in [1.54, 1.807) is 0 Å². The van der Waals surface area contributed by atoms with Gasteiger partial charge in [0, 0.05) is 22.5 Å². The van der Waals surface area contributed by atoms with Crippen molar-refractivity contribution in [3.05, 3.63) is 27.4 Å². The first-order chi connectivity index (χ1) is 9.56. The lowest BCUT2D eigenvalue weighted by molar-refractivity contribution is -0.157. The molecule has 2 aliphatic rings. The van der Waals surface area contributed by atoms with E-state index in [0.717, 1.165) is 18.7 Å². The lowest BCUT2D eigenvalue weighted by Gasteiger charge is -2.61. The van der Waals surface area contributed by atoms with Gasteiger partial charge in [0.2, 0.25) is 0 Å². The Balaban J connectivity index is 1.76. The zero-order chi connectivity index (χ0) is 14.3. The van der Waals surface area contributed by atoms with Crippen LogP contribution in [0.25, 0.3) is 0 Å². The number of hydrogen-bond donors (Lipinski definition) is 1. The molecule has 20 heavy (non-hydrogen) atoms. The van der Waals surface area contributed by atoms with E-state index < -0.39 is 0 Å². The minimum absolute atomic E-state index is 0.257. The van der Waals surface area contributed by atoms with Crippen LogP contribution in [0.3, 0.4) is 0 Å². The number of halogens is 3. The van der Waals surface area contributed by atoms with Gasteiger partial charge in [0.05, 0.1) is 16.8 Å². The predicted octanol–water partition coefficient (Wildman–Crippen LogP) is 5.00. The number of anilines is 1. The van der Waals surface area contributed by atoms with Crippen LogP contribution in [-0.4, -0.2) is 18.8 Å². The van der Waals surface area contributed by atoms with Crippen LogP contribution in [0.2, 0.25) is 5.02 Å². The fourth-order valence-electron chi connectivity index (χ4n) is 3.50. The molecule has 1 aromatic rings. The van der Waals surface area contributed by atoms with Gasteiger partial charge in [0.25, 0.3) is 0 Å². The molecule has 0 aromatic heterocycles. The van der Waals surface area contributed by atoms with Gasteiger partial charge in [-0.3, -0.25) is 0 Å². The highest BCUT2D eigenvalue weighted by Crippen LogP contribution is 2.58. The number of nitrogens with one attached hydrogen (secondary N) is 1. The second-order valence-electron chi connectivity index (χ2n) is 5.71. The van der Waals surface area contributed by atoms with Crippen LogP contribution >= 0.6 is 27.5 Å². The predicted molar refractivity (Wildman–Crippen MR) is 82.8 cm³/mol. The fourth-order valence-corrected chi connectivity index (χ4v) is 4.42. The Labute approximate surface area is 132 Å². The van der Waals surface area contributed by atoms with E-state index in [4.69, 9.17) is 16.3 Å². The van der Waals surface area contributed by atoms with Crippen molar-refractivity contribution in [1.82, 2.24) is 0 Å². The van der Waals surface area contributed by atoms with E-state index >= 15 is 0 Å². The van der Waals surface area contributed by atoms with Crippen LogP contribution < -0.4 is 5.32 Å². The van der Waals surface area contributed by atoms with Crippen LogP contribution in [0, 0.1) is 11.2 Å². The average molecular weight is 363 g/mol. The quantitative estimate of drug-likeness (QED) is 0.813. The van der Waals surface area contributed by atoms with Crippen molar-refractivity contribution >= 4 is 33.2 Å². The largest absolute Gasteiger partial charge is 0.379 e. The Morgan fingerprint density at radius 2 is 2.25 bits per heavy atom. The van der Waals surface area contributed by atoms with E-state index in [0.29, 0.717) is 21.6 Å². The molecule has 0 amide bonds. The maximum atomic E-state index is 13.3. The SMILES string of the molecule is CCOC1CC(Nc2c(Cl)cc(F)cc2Br)C12CCC2. The van der Waals surface area contributed by atoms with E-state index in [1.807, 2.05) is 6.92 Å². The Hall–Kier alpha value is -0.320. The Kier molecular flexibility index (Phi) is 3.99. The molecule has 2 unspecified atom stereocenters. The summed E-state index contributed by atoms with van der Waals surface area (Å²) in [5.74, 6) is -0.327. The molecule has 0 heterocycles. The third-order valence-electron chi connectivity index (χ3n) is 4.76. The molecule has 3 rings (SSSR count). The van der Waals surface area contributed by atoms with Gasteiger partial charge in [0.15, 0.2) is 0 Å². The number of rotatable bonds is 4. The molecular weight excluding hydrogens is 345 g/mol. The number of benzene rings is 1. The highest BCUT2D eigenvalue weighted by Gasteiger charge is 2.59. The van der Waals surface area contributed by atoms with Gasteiger partial charge < -0.3 is 10.1 Å². The molecule has 110 valence electrons. The first-order valence-electron chi connectivity index (χ1n) is 7.09. The van der Waals surface area contributed by atoms with Crippen LogP contribution in [-0.2, 0) is 4.74 Å². The van der Waals surface area contributed by atoms with Gasteiger partial charge in [-0.1, -0.05) is 18.0 Å². The summed E-state index contributed by atoms with van der Waals surface area (Å²) in [6, 6.07) is 3.16. The maximum Gasteiger partial charge on any atom is 0.125 e. The third-order valence-corrected chi connectivity index (χ3v) is 5.69. The third kappa shape index (κ3) is 2.26. The topological polar surface area (TPSA) is 21.3 Å². The van der Waals surface area contributed by atoms with Gasteiger partial charge in [-0.2, -0.15) is 0 Å². The van der Waals surface area contributed by atoms with E-state index in [9.17, 15) is 4.39 Å². The minimum atomic E-state index is -0.327. The molecule has 2 fully saturated rings. The zero-order valence-electron chi connectivity index (χ0n) is 11.4. The summed E-state index contributed by atoms with van der Waals surface area (Å²) < 4.78 is 19.8. The molecule has 0 saturated heterocycles. The first-order valence-corrected chi connectivity index (χ1v) is 8.26. The minimum Gasteiger partial charge on any atom is -0.379 e. The van der Waals surface area contributed by atoms with E-state index in [2.05, 4.69) is 21.2 Å². The van der Waals surface area contributed by atoms with Gasteiger partial charge in [-0.15, -0.1) is 0 Å². The molecule has 0 aliphatic heterocycles. The molecule has 2 atom stereocenters. The van der Waals surface area contributed by atoms with Gasteiger partial charge in [-0.05, 0) is 54.2 Å². The smallest absolute Gasteiger partial charge is 0.125 e. The molecule has 5 heteroatoms. The van der Waals surface area contributed by atoms with Crippen molar-refractivity contribution in [2.75, 3.05) is 11.9 Å². The molecule has 2 aliphatic carbocycles. The summed E-state index contributed by atoms with van der Waals surface area (Å²) >= 11 is 9.53. The van der Waals surface area contributed by atoms with Crippen LogP contribution in [0.5, 0.6) is 0 Å². The monoisotopic (exact) mass is 361 g/mol. The van der Waals surface area contributed by atoms with Crippen molar-refractivity contribution in [1.29, 1.82) is 0 Å². The second-order valence-corrected chi connectivity index (χ2v) is 6.97. The van der Waals surface area contributed by atoms with E-state index in [1.165, 1.54) is 31.4 Å². The lowest BCUT2D eigenvalue weighted by Crippen LogP contribution is -2.64. The summed E-state index contributed by atoms with van der Waals surface area (Å²) in [6.45, 7) is 2.81. The molecule has 1 aromatic carbocycles. The van der Waals surface area contributed by atoms with Gasteiger partial charge in [0.1, 0.15) is 5.82 Å². The van der Waals surface area contributed by atoms with Gasteiger partial charge in [-0.25, -0.2) is 4.39 Å². The fraction of sp³-hybridized carbons (Fsp3) is 0.600. The molecule has 2 saturated carbocycles. The standard InChI is InChI=1S/C15H18BrClFNO/c1-2-20-13-8-12(15(13)4-3-5-15)19-14-10(16)6-9(18)7-11(14)17/h6-7,12-13,19H,2-5,8H2,1H3. The highest BCUT2D eigenvalue weighted by atomic mass is 79.9. The van der Waals surface area contributed by atoms with E-state index in [-0.39, 0.29) is 11.2 Å². The van der Waals surface area contributed by atoms with Crippen molar-refractivity contribution in [3.63, 3.8) is 0 Å². The molecule has 1 N–H and O–H groups in total. The Bertz CT molecular complexity index is 498. The normalized spacial score (nSPS) is 27.0.